The van der Waals surface area contributed by atoms with Crippen LogP contribution in [-0.4, -0.2) is 35.9 Å². The van der Waals surface area contributed by atoms with Gasteiger partial charge in [-0.3, -0.25) is 9.48 Å². The Labute approximate surface area is 138 Å². The van der Waals surface area contributed by atoms with Gasteiger partial charge in [-0.1, -0.05) is 0 Å². The zero-order valence-electron chi connectivity index (χ0n) is 12.8. The summed E-state index contributed by atoms with van der Waals surface area (Å²) < 4.78 is 10.2. The van der Waals surface area contributed by atoms with Crippen molar-refractivity contribution in [3.8, 4) is 0 Å². The molecule has 3 aromatic rings. The molecule has 0 radical (unpaired) electrons. The molecular weight excluding hydrogens is 310 g/mol. The highest BCUT2D eigenvalue weighted by atomic mass is 32.1. The lowest BCUT2D eigenvalue weighted by atomic mass is 9.96. The van der Waals surface area contributed by atoms with Gasteiger partial charge in [0.2, 0.25) is 0 Å². The monoisotopic (exact) mass is 327 g/mol. The van der Waals surface area contributed by atoms with Gasteiger partial charge >= 0.3 is 0 Å². The van der Waals surface area contributed by atoms with Crippen molar-refractivity contribution in [1.82, 2.24) is 23.4 Å². The maximum Gasteiger partial charge on any atom is 0.254 e. The summed E-state index contributed by atoms with van der Waals surface area (Å²) in [6.45, 7) is 0.783. The van der Waals surface area contributed by atoms with E-state index in [0.717, 1.165) is 42.4 Å². The topological polar surface area (TPSA) is 63.9 Å². The van der Waals surface area contributed by atoms with Gasteiger partial charge in [0.05, 0.1) is 24.0 Å². The molecule has 1 aliphatic rings. The summed E-state index contributed by atoms with van der Waals surface area (Å²) in [6, 6.07) is 5.67. The minimum Gasteiger partial charge on any atom is -0.331 e. The highest BCUT2D eigenvalue weighted by Gasteiger charge is 2.29. The van der Waals surface area contributed by atoms with Gasteiger partial charge in [0.25, 0.3) is 5.91 Å². The Balaban J connectivity index is 1.66. The Morgan fingerprint density at radius 3 is 2.96 bits per heavy atom. The molecule has 0 spiro atoms. The van der Waals surface area contributed by atoms with Crippen LogP contribution in [0.3, 0.4) is 0 Å². The van der Waals surface area contributed by atoms with Crippen molar-refractivity contribution < 1.29 is 4.79 Å². The minimum absolute atomic E-state index is 0.0634. The lowest BCUT2D eigenvalue weighted by Crippen LogP contribution is -2.38. The number of fused-ring (bicyclic) bond motifs is 1. The molecule has 1 saturated heterocycles. The molecule has 1 aromatic carbocycles. The first-order chi connectivity index (χ1) is 11.2. The average molecular weight is 327 g/mol. The number of nitrogens with zero attached hydrogens (tertiary/aromatic N) is 5. The molecule has 0 aliphatic carbocycles. The fourth-order valence-corrected chi connectivity index (χ4v) is 3.73. The molecule has 3 heterocycles. The second-order valence-corrected chi connectivity index (χ2v) is 6.45. The molecule has 0 N–H and O–H groups in total. The molecule has 23 heavy (non-hydrogen) atoms. The quantitative estimate of drug-likeness (QED) is 0.726. The van der Waals surface area contributed by atoms with Crippen molar-refractivity contribution in [2.24, 2.45) is 7.05 Å². The third-order valence-corrected chi connectivity index (χ3v) is 4.93. The lowest BCUT2D eigenvalue weighted by Gasteiger charge is -2.35. The van der Waals surface area contributed by atoms with Crippen molar-refractivity contribution >= 4 is 28.7 Å². The molecule has 1 aliphatic heterocycles. The summed E-state index contributed by atoms with van der Waals surface area (Å²) in [7, 11) is 1.90. The Morgan fingerprint density at radius 2 is 2.13 bits per heavy atom. The van der Waals surface area contributed by atoms with Crippen molar-refractivity contribution in [2.75, 3.05) is 6.54 Å². The molecule has 7 heteroatoms. The van der Waals surface area contributed by atoms with Crippen LogP contribution in [0.25, 0.3) is 11.0 Å². The smallest absolute Gasteiger partial charge is 0.254 e. The molecular formula is C16H17N5OS. The van der Waals surface area contributed by atoms with Crippen LogP contribution in [0.4, 0.5) is 0 Å². The van der Waals surface area contributed by atoms with Crippen LogP contribution >= 0.6 is 11.7 Å². The lowest BCUT2D eigenvalue weighted by molar-refractivity contribution is 0.0611. The Hall–Kier alpha value is -2.28. The number of likely N-dealkylation sites (tertiary alicyclic amines) is 1. The summed E-state index contributed by atoms with van der Waals surface area (Å²) >= 11 is 1.17. The summed E-state index contributed by atoms with van der Waals surface area (Å²) in [5, 5.41) is 4.25. The number of carbonyl (C=O) groups excluding carboxylic acids is 1. The standard InChI is InChI=1S/C16H17N5OS/c1-20-10-12(9-17-20)15-4-2-3-7-21(15)16(22)11-5-6-13-14(8-11)19-23-18-13/h5-6,8-10,15H,2-4,7H2,1H3/t15-/m0/s1. The Kier molecular flexibility index (Phi) is 3.57. The molecule has 0 saturated carbocycles. The number of amides is 1. The van der Waals surface area contributed by atoms with E-state index >= 15 is 0 Å². The van der Waals surface area contributed by atoms with Crippen LogP contribution < -0.4 is 0 Å². The van der Waals surface area contributed by atoms with Crippen molar-refractivity contribution in [1.29, 1.82) is 0 Å². The Bertz CT molecular complexity index is 855. The number of hydrogen-bond acceptors (Lipinski definition) is 5. The fraction of sp³-hybridized carbons (Fsp3) is 0.375. The highest BCUT2D eigenvalue weighted by molar-refractivity contribution is 7.00. The average Bonchev–Trinajstić information content (AvgIpc) is 3.22. The number of piperidine rings is 1. The fourth-order valence-electron chi connectivity index (χ4n) is 3.21. The van der Waals surface area contributed by atoms with Gasteiger partial charge in [0.15, 0.2) is 0 Å². The molecule has 0 unspecified atom stereocenters. The van der Waals surface area contributed by atoms with Gasteiger partial charge in [-0.2, -0.15) is 13.8 Å². The molecule has 6 nitrogen and oxygen atoms in total. The third kappa shape index (κ3) is 2.61. The van der Waals surface area contributed by atoms with Crippen LogP contribution in [0.1, 0.15) is 41.2 Å². The molecule has 2 aromatic heterocycles. The van der Waals surface area contributed by atoms with E-state index in [1.807, 2.05) is 42.5 Å². The van der Waals surface area contributed by atoms with Gasteiger partial charge in [-0.25, -0.2) is 0 Å². The molecule has 0 bridgehead atoms. The van der Waals surface area contributed by atoms with Crippen LogP contribution in [0.2, 0.25) is 0 Å². The molecule has 118 valence electrons. The van der Waals surface area contributed by atoms with Gasteiger partial charge in [0.1, 0.15) is 11.0 Å². The van der Waals surface area contributed by atoms with E-state index in [9.17, 15) is 4.79 Å². The van der Waals surface area contributed by atoms with Gasteiger partial charge < -0.3 is 4.90 Å². The zero-order chi connectivity index (χ0) is 15.8. The van der Waals surface area contributed by atoms with E-state index in [2.05, 4.69) is 13.8 Å². The van der Waals surface area contributed by atoms with Gasteiger partial charge in [-0.05, 0) is 37.5 Å². The van der Waals surface area contributed by atoms with E-state index in [-0.39, 0.29) is 11.9 Å². The van der Waals surface area contributed by atoms with Crippen molar-refractivity contribution in [3.05, 3.63) is 41.7 Å². The maximum atomic E-state index is 13.0. The van der Waals surface area contributed by atoms with Crippen LogP contribution in [-0.2, 0) is 7.05 Å². The first-order valence-electron chi connectivity index (χ1n) is 7.74. The molecule has 1 atom stereocenters. The number of aryl methyl sites for hydroxylation is 1. The predicted octanol–water partition coefficient (Wildman–Crippen LogP) is 2.79. The van der Waals surface area contributed by atoms with Crippen molar-refractivity contribution in [3.63, 3.8) is 0 Å². The first-order valence-corrected chi connectivity index (χ1v) is 8.47. The number of carbonyl (C=O) groups is 1. The van der Waals surface area contributed by atoms with Crippen molar-refractivity contribution in [2.45, 2.75) is 25.3 Å². The van der Waals surface area contributed by atoms with E-state index in [4.69, 9.17) is 0 Å². The number of benzene rings is 1. The predicted molar refractivity (Wildman–Crippen MR) is 88.3 cm³/mol. The summed E-state index contributed by atoms with van der Waals surface area (Å²) in [5.74, 6) is 0.0634. The largest absolute Gasteiger partial charge is 0.331 e. The third-order valence-electron chi connectivity index (χ3n) is 4.37. The number of hydrogen-bond donors (Lipinski definition) is 0. The summed E-state index contributed by atoms with van der Waals surface area (Å²) in [4.78, 5) is 15.0. The van der Waals surface area contributed by atoms with E-state index < -0.39 is 0 Å². The van der Waals surface area contributed by atoms with E-state index in [1.165, 1.54) is 11.7 Å². The molecule has 1 fully saturated rings. The summed E-state index contributed by atoms with van der Waals surface area (Å²) in [6.07, 6.45) is 7.03. The molecule has 4 rings (SSSR count). The van der Waals surface area contributed by atoms with E-state index in [1.54, 1.807) is 4.68 Å². The van der Waals surface area contributed by atoms with E-state index in [0.29, 0.717) is 5.56 Å². The highest BCUT2D eigenvalue weighted by Crippen LogP contribution is 2.32. The van der Waals surface area contributed by atoms with Crippen LogP contribution in [0, 0.1) is 0 Å². The normalized spacial score (nSPS) is 18.5. The second-order valence-electron chi connectivity index (χ2n) is 5.93. The van der Waals surface area contributed by atoms with Crippen LogP contribution in [0.5, 0.6) is 0 Å². The van der Waals surface area contributed by atoms with Gasteiger partial charge in [-0.15, -0.1) is 0 Å². The Morgan fingerprint density at radius 1 is 1.26 bits per heavy atom. The van der Waals surface area contributed by atoms with Crippen LogP contribution in [0.15, 0.2) is 30.6 Å². The zero-order valence-corrected chi connectivity index (χ0v) is 13.7. The minimum atomic E-state index is 0.0634. The van der Waals surface area contributed by atoms with Gasteiger partial charge in [0, 0.05) is 30.9 Å². The molecule has 1 amide bonds. The summed E-state index contributed by atoms with van der Waals surface area (Å²) in [5.41, 5.74) is 3.42. The second kappa shape index (κ2) is 5.73. The maximum absolute atomic E-state index is 13.0. The number of rotatable bonds is 2. The first kappa shape index (κ1) is 14.3. The SMILES string of the molecule is Cn1cc([C@@H]2CCCCN2C(=O)c2ccc3nsnc3c2)cn1. The number of aromatic nitrogens is 4.